The fraction of sp³-hybridized carbons (Fsp3) is 0.222. The van der Waals surface area contributed by atoms with Gasteiger partial charge in [0.15, 0.2) is 0 Å². The van der Waals surface area contributed by atoms with Crippen molar-refractivity contribution < 1.29 is 14.3 Å². The lowest BCUT2D eigenvalue weighted by atomic mass is 10.1. The van der Waals surface area contributed by atoms with Crippen LogP contribution in [0.4, 0.5) is 16.2 Å². The first-order chi connectivity index (χ1) is 11.2. The smallest absolute Gasteiger partial charge is 0.414 e. The Balaban J connectivity index is 1.81. The summed E-state index contributed by atoms with van der Waals surface area (Å²) in [5, 5.41) is 0. The molecule has 0 N–H and O–H groups in total. The highest BCUT2D eigenvalue weighted by molar-refractivity contribution is 6.06. The maximum absolute atomic E-state index is 12.7. The predicted molar refractivity (Wildman–Crippen MR) is 88.9 cm³/mol. The second kappa shape index (κ2) is 6.52. The molecule has 118 valence electrons. The van der Waals surface area contributed by atoms with Crippen LogP contribution in [-0.2, 0) is 4.74 Å². The molecule has 0 bridgehead atoms. The molecule has 5 nitrogen and oxygen atoms in total. The molecule has 0 atom stereocenters. The van der Waals surface area contributed by atoms with Crippen LogP contribution in [0.3, 0.4) is 0 Å². The average molecular weight is 310 g/mol. The highest BCUT2D eigenvalue weighted by atomic mass is 16.6. The van der Waals surface area contributed by atoms with Crippen LogP contribution in [-0.4, -0.2) is 31.7 Å². The van der Waals surface area contributed by atoms with Crippen LogP contribution < -0.4 is 9.80 Å². The van der Waals surface area contributed by atoms with E-state index < -0.39 is 0 Å². The van der Waals surface area contributed by atoms with Gasteiger partial charge in [-0.25, -0.2) is 4.79 Å². The molecule has 1 aliphatic heterocycles. The Kier molecular flexibility index (Phi) is 4.28. The van der Waals surface area contributed by atoms with Crippen molar-refractivity contribution in [2.45, 2.75) is 6.92 Å². The molecular weight excluding hydrogens is 292 g/mol. The van der Waals surface area contributed by atoms with Crippen molar-refractivity contribution in [1.29, 1.82) is 0 Å². The summed E-state index contributed by atoms with van der Waals surface area (Å²) in [7, 11) is 0. The first kappa shape index (κ1) is 15.1. The Morgan fingerprint density at radius 2 is 1.83 bits per heavy atom. The van der Waals surface area contributed by atoms with Gasteiger partial charge in [0, 0.05) is 23.5 Å². The van der Waals surface area contributed by atoms with Crippen LogP contribution in [0.25, 0.3) is 0 Å². The van der Waals surface area contributed by atoms with Crippen LogP contribution >= 0.6 is 0 Å². The summed E-state index contributed by atoms with van der Waals surface area (Å²) in [5.74, 6) is -0.0609. The Morgan fingerprint density at radius 1 is 1.13 bits per heavy atom. The minimum atomic E-state index is -0.344. The van der Waals surface area contributed by atoms with Crippen molar-refractivity contribution in [1.82, 2.24) is 0 Å². The number of hydrogen-bond donors (Lipinski definition) is 0. The van der Waals surface area contributed by atoms with E-state index in [0.29, 0.717) is 25.3 Å². The zero-order chi connectivity index (χ0) is 16.2. The van der Waals surface area contributed by atoms with Crippen LogP contribution in [0, 0.1) is 0 Å². The highest BCUT2D eigenvalue weighted by Gasteiger charge is 2.24. The minimum absolute atomic E-state index is 0.0609. The summed E-state index contributed by atoms with van der Waals surface area (Å²) in [6, 6.07) is 16.6. The van der Waals surface area contributed by atoms with Crippen molar-refractivity contribution in [3.63, 3.8) is 0 Å². The van der Waals surface area contributed by atoms with Crippen LogP contribution in [0.1, 0.15) is 17.3 Å². The number of nitrogens with zero attached hydrogens (tertiary/aromatic N) is 2. The molecule has 1 aliphatic rings. The topological polar surface area (TPSA) is 49.9 Å². The van der Waals surface area contributed by atoms with E-state index in [1.807, 2.05) is 37.3 Å². The average Bonchev–Trinajstić information content (AvgIpc) is 3.02. The monoisotopic (exact) mass is 310 g/mol. The normalized spacial score (nSPS) is 13.8. The Labute approximate surface area is 135 Å². The number of cyclic esters (lactones) is 1. The molecule has 0 aliphatic carbocycles. The van der Waals surface area contributed by atoms with Gasteiger partial charge in [0.2, 0.25) is 0 Å². The van der Waals surface area contributed by atoms with E-state index in [4.69, 9.17) is 4.74 Å². The Hall–Kier alpha value is -2.82. The highest BCUT2D eigenvalue weighted by Crippen LogP contribution is 2.21. The molecular formula is C18H18N2O3. The van der Waals surface area contributed by atoms with E-state index in [1.54, 1.807) is 34.1 Å². The molecule has 0 spiro atoms. The number of carbonyl (C=O) groups is 2. The van der Waals surface area contributed by atoms with Gasteiger partial charge in [-0.3, -0.25) is 9.69 Å². The maximum atomic E-state index is 12.7. The molecule has 5 heteroatoms. The van der Waals surface area contributed by atoms with E-state index in [2.05, 4.69) is 0 Å². The van der Waals surface area contributed by atoms with Gasteiger partial charge in [-0.05, 0) is 43.3 Å². The molecule has 2 aromatic carbocycles. The number of para-hydroxylation sites is 1. The van der Waals surface area contributed by atoms with Crippen molar-refractivity contribution in [3.8, 4) is 0 Å². The quantitative estimate of drug-likeness (QED) is 0.870. The van der Waals surface area contributed by atoms with Crippen molar-refractivity contribution in [3.05, 3.63) is 60.2 Å². The standard InChI is InChI=1S/C18H18N2O3/c1-2-19(15-6-4-3-5-7-15)17(21)14-8-10-16(11-9-14)20-12-13-23-18(20)22/h3-11H,2,12-13H2,1H3. The molecule has 1 fully saturated rings. The van der Waals surface area contributed by atoms with Gasteiger partial charge < -0.3 is 9.64 Å². The van der Waals surface area contributed by atoms with Crippen molar-refractivity contribution in [2.24, 2.45) is 0 Å². The third-order valence-electron chi connectivity index (χ3n) is 3.82. The molecule has 0 aromatic heterocycles. The number of rotatable bonds is 4. The van der Waals surface area contributed by atoms with Gasteiger partial charge in [-0.15, -0.1) is 0 Å². The molecule has 0 radical (unpaired) electrons. The summed E-state index contributed by atoms with van der Waals surface area (Å²) in [5.41, 5.74) is 2.20. The number of benzene rings is 2. The minimum Gasteiger partial charge on any atom is -0.447 e. The Morgan fingerprint density at radius 3 is 2.39 bits per heavy atom. The van der Waals surface area contributed by atoms with Crippen LogP contribution in [0.15, 0.2) is 54.6 Å². The fourth-order valence-corrected chi connectivity index (χ4v) is 2.62. The zero-order valence-electron chi connectivity index (χ0n) is 12.9. The van der Waals surface area contributed by atoms with E-state index >= 15 is 0 Å². The molecule has 3 rings (SSSR count). The summed E-state index contributed by atoms with van der Waals surface area (Å²) in [6.07, 6.45) is -0.344. The molecule has 1 saturated heterocycles. The third-order valence-corrected chi connectivity index (χ3v) is 3.82. The van der Waals surface area contributed by atoms with E-state index in [9.17, 15) is 9.59 Å². The lowest BCUT2D eigenvalue weighted by molar-refractivity contribution is 0.0988. The van der Waals surface area contributed by atoms with E-state index in [0.717, 1.165) is 11.4 Å². The van der Waals surface area contributed by atoms with Gasteiger partial charge in [-0.1, -0.05) is 18.2 Å². The lowest BCUT2D eigenvalue weighted by Crippen LogP contribution is -2.30. The maximum Gasteiger partial charge on any atom is 0.414 e. The number of anilines is 2. The number of hydrogen-bond acceptors (Lipinski definition) is 3. The van der Waals surface area contributed by atoms with Gasteiger partial charge >= 0.3 is 6.09 Å². The summed E-state index contributed by atoms with van der Waals surface area (Å²) in [6.45, 7) is 3.47. The molecule has 1 heterocycles. The second-order valence-electron chi connectivity index (χ2n) is 5.20. The summed E-state index contributed by atoms with van der Waals surface area (Å²) >= 11 is 0. The third kappa shape index (κ3) is 3.04. The number of ether oxygens (including phenoxy) is 1. The van der Waals surface area contributed by atoms with Gasteiger partial charge in [-0.2, -0.15) is 0 Å². The van der Waals surface area contributed by atoms with Crippen molar-refractivity contribution >= 4 is 23.4 Å². The van der Waals surface area contributed by atoms with Gasteiger partial charge in [0.25, 0.3) is 5.91 Å². The Bertz CT molecular complexity index is 698. The summed E-state index contributed by atoms with van der Waals surface area (Å²) in [4.78, 5) is 27.5. The number of carbonyl (C=O) groups excluding carboxylic acids is 2. The van der Waals surface area contributed by atoms with Crippen LogP contribution in [0.5, 0.6) is 0 Å². The zero-order valence-corrected chi connectivity index (χ0v) is 12.9. The SMILES string of the molecule is CCN(C(=O)c1ccc(N2CCOC2=O)cc1)c1ccccc1. The van der Waals surface area contributed by atoms with Crippen molar-refractivity contribution in [2.75, 3.05) is 29.5 Å². The van der Waals surface area contributed by atoms with E-state index in [-0.39, 0.29) is 12.0 Å². The van der Waals surface area contributed by atoms with Gasteiger partial charge in [0.1, 0.15) is 6.61 Å². The largest absolute Gasteiger partial charge is 0.447 e. The molecule has 2 aromatic rings. The second-order valence-corrected chi connectivity index (χ2v) is 5.20. The predicted octanol–water partition coefficient (Wildman–Crippen LogP) is 3.31. The molecule has 0 unspecified atom stereocenters. The summed E-state index contributed by atoms with van der Waals surface area (Å²) < 4.78 is 4.92. The first-order valence-electron chi connectivity index (χ1n) is 7.62. The molecule has 0 saturated carbocycles. The fourth-order valence-electron chi connectivity index (χ4n) is 2.62. The first-order valence-corrected chi connectivity index (χ1v) is 7.62. The number of amides is 2. The van der Waals surface area contributed by atoms with E-state index in [1.165, 1.54) is 0 Å². The molecule has 2 amide bonds. The van der Waals surface area contributed by atoms with Crippen LogP contribution in [0.2, 0.25) is 0 Å². The molecule has 23 heavy (non-hydrogen) atoms. The lowest BCUT2D eigenvalue weighted by Gasteiger charge is -2.21. The van der Waals surface area contributed by atoms with Gasteiger partial charge in [0.05, 0.1) is 6.54 Å².